The number of para-hydroxylation sites is 1. The van der Waals surface area contributed by atoms with E-state index < -0.39 is 5.91 Å². The number of rotatable bonds is 6. The molecule has 1 amide bonds. The highest BCUT2D eigenvalue weighted by Gasteiger charge is 2.16. The van der Waals surface area contributed by atoms with Crippen LogP contribution in [-0.2, 0) is 4.74 Å². The van der Waals surface area contributed by atoms with Crippen LogP contribution in [0.15, 0.2) is 48.5 Å². The Morgan fingerprint density at radius 1 is 1.15 bits per heavy atom. The SMILES string of the molecule is NC(=O)c1ccc(Nc2nc(NC[C@H]3CCCO3)c3ccccc3n2)cc1. The van der Waals surface area contributed by atoms with E-state index in [4.69, 9.17) is 10.5 Å². The van der Waals surface area contributed by atoms with E-state index in [0.717, 1.165) is 41.9 Å². The monoisotopic (exact) mass is 363 g/mol. The number of carbonyl (C=O) groups excluding carboxylic acids is 1. The molecule has 0 saturated carbocycles. The second-order valence-corrected chi connectivity index (χ2v) is 6.50. The first-order valence-corrected chi connectivity index (χ1v) is 8.98. The Morgan fingerprint density at radius 3 is 2.70 bits per heavy atom. The molecule has 1 aliphatic heterocycles. The van der Waals surface area contributed by atoms with E-state index in [1.165, 1.54) is 0 Å². The highest BCUT2D eigenvalue weighted by Crippen LogP contribution is 2.24. The van der Waals surface area contributed by atoms with E-state index in [0.29, 0.717) is 18.1 Å². The molecule has 4 rings (SSSR count). The number of hydrogen-bond acceptors (Lipinski definition) is 6. The number of hydrogen-bond donors (Lipinski definition) is 3. The minimum absolute atomic E-state index is 0.219. The van der Waals surface area contributed by atoms with E-state index >= 15 is 0 Å². The summed E-state index contributed by atoms with van der Waals surface area (Å²) < 4.78 is 5.68. The number of nitrogens with two attached hydrogens (primary N) is 1. The van der Waals surface area contributed by atoms with Gasteiger partial charge in [-0.2, -0.15) is 4.98 Å². The molecule has 7 nitrogen and oxygen atoms in total. The van der Waals surface area contributed by atoms with Crippen molar-refractivity contribution in [3.63, 3.8) is 0 Å². The molecule has 0 bridgehead atoms. The van der Waals surface area contributed by atoms with Gasteiger partial charge in [-0.25, -0.2) is 4.98 Å². The number of benzene rings is 2. The Labute approximate surface area is 157 Å². The van der Waals surface area contributed by atoms with Gasteiger partial charge in [-0.15, -0.1) is 0 Å². The lowest BCUT2D eigenvalue weighted by atomic mass is 10.2. The number of aromatic nitrogens is 2. The summed E-state index contributed by atoms with van der Waals surface area (Å²) in [6, 6.07) is 14.8. The molecule has 1 fully saturated rings. The Kier molecular flexibility index (Phi) is 4.84. The van der Waals surface area contributed by atoms with Gasteiger partial charge in [0.2, 0.25) is 11.9 Å². The lowest BCUT2D eigenvalue weighted by Gasteiger charge is -2.14. The van der Waals surface area contributed by atoms with Gasteiger partial charge in [0.25, 0.3) is 0 Å². The molecule has 0 spiro atoms. The molecule has 1 atom stereocenters. The molecular formula is C20H21N5O2. The fourth-order valence-corrected chi connectivity index (χ4v) is 3.13. The highest BCUT2D eigenvalue weighted by molar-refractivity contribution is 5.93. The number of fused-ring (bicyclic) bond motifs is 1. The zero-order chi connectivity index (χ0) is 18.6. The van der Waals surface area contributed by atoms with Crippen LogP contribution in [0.3, 0.4) is 0 Å². The molecule has 4 N–H and O–H groups in total. The number of ether oxygens (including phenoxy) is 1. The lowest BCUT2D eigenvalue weighted by molar-refractivity contribution is 0.100. The van der Waals surface area contributed by atoms with Gasteiger partial charge in [-0.3, -0.25) is 4.79 Å². The number of primary amides is 1. The van der Waals surface area contributed by atoms with Crippen molar-refractivity contribution < 1.29 is 9.53 Å². The van der Waals surface area contributed by atoms with Gasteiger partial charge in [-0.05, 0) is 49.2 Å². The largest absolute Gasteiger partial charge is 0.376 e. The fourth-order valence-electron chi connectivity index (χ4n) is 3.13. The van der Waals surface area contributed by atoms with Gasteiger partial charge in [0.15, 0.2) is 0 Å². The number of anilines is 3. The van der Waals surface area contributed by atoms with Crippen LogP contribution in [0.2, 0.25) is 0 Å². The maximum atomic E-state index is 11.2. The van der Waals surface area contributed by atoms with Crippen LogP contribution in [0.4, 0.5) is 17.5 Å². The summed E-state index contributed by atoms with van der Waals surface area (Å²) in [6.07, 6.45) is 2.38. The minimum Gasteiger partial charge on any atom is -0.376 e. The van der Waals surface area contributed by atoms with E-state index in [9.17, 15) is 4.79 Å². The van der Waals surface area contributed by atoms with Crippen LogP contribution in [0.5, 0.6) is 0 Å². The van der Waals surface area contributed by atoms with Crippen molar-refractivity contribution in [2.75, 3.05) is 23.8 Å². The molecule has 1 aliphatic rings. The zero-order valence-corrected chi connectivity index (χ0v) is 14.8. The zero-order valence-electron chi connectivity index (χ0n) is 14.8. The van der Waals surface area contributed by atoms with Crippen molar-refractivity contribution in [2.45, 2.75) is 18.9 Å². The van der Waals surface area contributed by atoms with E-state index in [1.807, 2.05) is 24.3 Å². The van der Waals surface area contributed by atoms with E-state index in [2.05, 4.69) is 20.6 Å². The molecule has 0 aliphatic carbocycles. The predicted octanol–water partition coefficient (Wildman–Crippen LogP) is 3.06. The minimum atomic E-state index is -0.455. The van der Waals surface area contributed by atoms with Crippen LogP contribution in [0, 0.1) is 0 Å². The molecule has 2 heterocycles. The van der Waals surface area contributed by atoms with Crippen molar-refractivity contribution in [3.05, 3.63) is 54.1 Å². The van der Waals surface area contributed by atoms with Gasteiger partial charge < -0.3 is 21.1 Å². The van der Waals surface area contributed by atoms with Crippen LogP contribution in [0.1, 0.15) is 23.2 Å². The van der Waals surface area contributed by atoms with Crippen molar-refractivity contribution in [1.29, 1.82) is 0 Å². The smallest absolute Gasteiger partial charge is 0.248 e. The maximum absolute atomic E-state index is 11.2. The van der Waals surface area contributed by atoms with E-state index in [1.54, 1.807) is 24.3 Å². The van der Waals surface area contributed by atoms with Crippen LogP contribution in [0.25, 0.3) is 10.9 Å². The second-order valence-electron chi connectivity index (χ2n) is 6.50. The predicted molar refractivity (Wildman–Crippen MR) is 105 cm³/mol. The third-order valence-electron chi connectivity index (χ3n) is 4.55. The Balaban J connectivity index is 1.59. The molecular weight excluding hydrogens is 342 g/mol. The van der Waals surface area contributed by atoms with Gasteiger partial charge >= 0.3 is 0 Å². The van der Waals surface area contributed by atoms with E-state index in [-0.39, 0.29) is 6.10 Å². The van der Waals surface area contributed by atoms with Gasteiger partial charge in [0.1, 0.15) is 5.82 Å². The Morgan fingerprint density at radius 2 is 1.96 bits per heavy atom. The summed E-state index contributed by atoms with van der Waals surface area (Å²) >= 11 is 0. The summed E-state index contributed by atoms with van der Waals surface area (Å²) in [7, 11) is 0. The average molecular weight is 363 g/mol. The van der Waals surface area contributed by atoms with Gasteiger partial charge in [0.05, 0.1) is 11.6 Å². The first-order chi connectivity index (χ1) is 13.2. The number of nitrogens with one attached hydrogen (secondary N) is 2. The third kappa shape index (κ3) is 3.98. The van der Waals surface area contributed by atoms with Crippen LogP contribution in [-0.4, -0.2) is 35.1 Å². The second kappa shape index (κ2) is 7.59. The molecule has 0 unspecified atom stereocenters. The first-order valence-electron chi connectivity index (χ1n) is 8.98. The highest BCUT2D eigenvalue weighted by atomic mass is 16.5. The van der Waals surface area contributed by atoms with Crippen LogP contribution >= 0.6 is 0 Å². The van der Waals surface area contributed by atoms with Crippen molar-refractivity contribution in [1.82, 2.24) is 9.97 Å². The molecule has 1 saturated heterocycles. The number of nitrogens with zero attached hydrogens (tertiary/aromatic N) is 2. The fraction of sp³-hybridized carbons (Fsp3) is 0.250. The average Bonchev–Trinajstić information content (AvgIpc) is 3.20. The summed E-state index contributed by atoms with van der Waals surface area (Å²) in [5.74, 6) is 0.798. The molecule has 7 heteroatoms. The molecule has 27 heavy (non-hydrogen) atoms. The molecule has 0 radical (unpaired) electrons. The van der Waals surface area contributed by atoms with Crippen molar-refractivity contribution >= 4 is 34.3 Å². The molecule has 3 aromatic rings. The van der Waals surface area contributed by atoms with Crippen molar-refractivity contribution in [2.24, 2.45) is 5.73 Å². The first kappa shape index (κ1) is 17.2. The number of amides is 1. The Hall–Kier alpha value is -3.19. The number of carbonyl (C=O) groups is 1. The maximum Gasteiger partial charge on any atom is 0.248 e. The lowest BCUT2D eigenvalue weighted by Crippen LogP contribution is -2.19. The standard InChI is InChI=1S/C20H21N5O2/c21-18(26)13-7-9-14(10-8-13)23-20-24-17-6-2-1-5-16(17)19(25-20)22-12-15-4-3-11-27-15/h1-2,5-10,15H,3-4,11-12H2,(H2,21,26)(H2,22,23,24,25)/t15-/m1/s1. The summed E-state index contributed by atoms with van der Waals surface area (Å²) in [5.41, 5.74) is 7.36. The molecule has 138 valence electrons. The molecule has 2 aromatic carbocycles. The topological polar surface area (TPSA) is 102 Å². The normalized spacial score (nSPS) is 16.4. The van der Waals surface area contributed by atoms with Crippen LogP contribution < -0.4 is 16.4 Å². The summed E-state index contributed by atoms with van der Waals surface area (Å²) in [6.45, 7) is 1.54. The summed E-state index contributed by atoms with van der Waals surface area (Å²) in [5, 5.41) is 7.55. The quantitative estimate of drug-likeness (QED) is 0.622. The third-order valence-corrected chi connectivity index (χ3v) is 4.55. The summed E-state index contributed by atoms with van der Waals surface area (Å²) in [4.78, 5) is 20.4. The Bertz CT molecular complexity index is 952. The van der Waals surface area contributed by atoms with Gasteiger partial charge in [0, 0.05) is 29.8 Å². The molecule has 1 aromatic heterocycles. The van der Waals surface area contributed by atoms with Crippen molar-refractivity contribution in [3.8, 4) is 0 Å². The van der Waals surface area contributed by atoms with Gasteiger partial charge in [-0.1, -0.05) is 12.1 Å².